The van der Waals surface area contributed by atoms with Crippen LogP contribution in [0.15, 0.2) is 78.2 Å². The summed E-state index contributed by atoms with van der Waals surface area (Å²) >= 11 is 0. The molecule has 0 aliphatic carbocycles. The van der Waals surface area contributed by atoms with Crippen LogP contribution in [0, 0.1) is 0 Å². The quantitative estimate of drug-likeness (QED) is 0.357. The minimum Gasteiger partial charge on any atom is -0.472 e. The van der Waals surface area contributed by atoms with E-state index in [1.165, 1.54) is 13.2 Å². The molecule has 0 spiro atoms. The second-order valence-electron chi connectivity index (χ2n) is 8.21. The van der Waals surface area contributed by atoms with E-state index in [1.54, 1.807) is 35.2 Å². The van der Waals surface area contributed by atoms with Crippen LogP contribution in [-0.4, -0.2) is 59.5 Å². The van der Waals surface area contributed by atoms with Gasteiger partial charge in [-0.1, -0.05) is 42.5 Å². The Labute approximate surface area is 201 Å². The van der Waals surface area contributed by atoms with Gasteiger partial charge in [-0.15, -0.1) is 0 Å². The van der Waals surface area contributed by atoms with Crippen LogP contribution >= 0.6 is 0 Å². The standard InChI is InChI=1S/C26H22N2O7/c1-33-22(29)14-17-13-21-28(17)23(26(32)34-15-16-7-3-2-4-8-16)20(35-21)11-12-27-24(30)18-9-5-6-10-19(18)25(27)31/h2-11,14,21,23H,12-13,15H2,1H3/b17-14-,20-11-/t21-,23-/m1/s1. The van der Waals surface area contributed by atoms with Crippen LogP contribution in [0.25, 0.3) is 0 Å². The normalized spacial score (nSPS) is 22.5. The first kappa shape index (κ1) is 22.4. The summed E-state index contributed by atoms with van der Waals surface area (Å²) in [6.45, 7) is -0.00281. The average Bonchev–Trinajstić information content (AvgIpc) is 3.30. The number of hydrogen-bond donors (Lipinski definition) is 0. The Kier molecular flexibility index (Phi) is 5.82. The predicted molar refractivity (Wildman–Crippen MR) is 121 cm³/mol. The van der Waals surface area contributed by atoms with Crippen LogP contribution in [0.5, 0.6) is 0 Å². The molecule has 9 heteroatoms. The van der Waals surface area contributed by atoms with Gasteiger partial charge in [-0.25, -0.2) is 9.59 Å². The summed E-state index contributed by atoms with van der Waals surface area (Å²) in [7, 11) is 1.27. The van der Waals surface area contributed by atoms with Gasteiger partial charge in [0.2, 0.25) is 0 Å². The number of amides is 2. The lowest BCUT2D eigenvalue weighted by Crippen LogP contribution is -2.49. The molecular weight excluding hydrogens is 452 g/mol. The van der Waals surface area contributed by atoms with Crippen molar-refractivity contribution < 1.29 is 33.4 Å². The number of benzene rings is 2. The van der Waals surface area contributed by atoms with E-state index in [9.17, 15) is 19.2 Å². The molecule has 2 aromatic carbocycles. The third-order valence-corrected chi connectivity index (χ3v) is 6.13. The first-order valence-corrected chi connectivity index (χ1v) is 11.1. The van der Waals surface area contributed by atoms with Gasteiger partial charge in [-0.05, 0) is 23.8 Å². The fourth-order valence-corrected chi connectivity index (χ4v) is 4.36. The number of carbonyl (C=O) groups excluding carboxylic acids is 4. The Morgan fingerprint density at radius 1 is 1.03 bits per heavy atom. The van der Waals surface area contributed by atoms with E-state index in [0.29, 0.717) is 23.2 Å². The molecule has 0 aromatic heterocycles. The van der Waals surface area contributed by atoms with Gasteiger partial charge >= 0.3 is 11.9 Å². The Morgan fingerprint density at radius 2 is 1.69 bits per heavy atom. The Balaban J connectivity index is 1.37. The Morgan fingerprint density at radius 3 is 2.34 bits per heavy atom. The molecule has 2 fully saturated rings. The largest absolute Gasteiger partial charge is 0.472 e. The van der Waals surface area contributed by atoms with Crippen LogP contribution in [0.3, 0.4) is 0 Å². The number of esters is 2. The monoisotopic (exact) mass is 474 g/mol. The van der Waals surface area contributed by atoms with E-state index in [1.807, 2.05) is 30.3 Å². The van der Waals surface area contributed by atoms with Gasteiger partial charge in [0.25, 0.3) is 11.8 Å². The molecule has 2 saturated heterocycles. The molecule has 0 radical (unpaired) electrons. The second-order valence-corrected chi connectivity index (χ2v) is 8.21. The summed E-state index contributed by atoms with van der Waals surface area (Å²) in [6, 6.07) is 14.9. The molecular formula is C26H22N2O7. The van der Waals surface area contributed by atoms with Crippen LogP contribution in [-0.2, 0) is 30.4 Å². The molecule has 35 heavy (non-hydrogen) atoms. The number of nitrogens with zero attached hydrogens (tertiary/aromatic N) is 2. The molecule has 5 rings (SSSR count). The number of rotatable bonds is 6. The molecule has 0 bridgehead atoms. The highest BCUT2D eigenvalue weighted by molar-refractivity contribution is 6.21. The lowest BCUT2D eigenvalue weighted by atomic mass is 10.0. The summed E-state index contributed by atoms with van der Waals surface area (Å²) in [6.07, 6.45) is 2.80. The van der Waals surface area contributed by atoms with Crippen molar-refractivity contribution in [2.75, 3.05) is 13.7 Å². The fourth-order valence-electron chi connectivity index (χ4n) is 4.36. The molecule has 2 aromatic rings. The van der Waals surface area contributed by atoms with Gasteiger partial charge in [0.1, 0.15) is 12.4 Å². The minimum absolute atomic E-state index is 0.0659. The van der Waals surface area contributed by atoms with E-state index >= 15 is 0 Å². The van der Waals surface area contributed by atoms with Gasteiger partial charge in [-0.3, -0.25) is 14.5 Å². The fraction of sp³-hybridized carbons (Fsp3) is 0.231. The number of carbonyl (C=O) groups is 4. The van der Waals surface area contributed by atoms with E-state index in [2.05, 4.69) is 0 Å². The number of hydrogen-bond acceptors (Lipinski definition) is 8. The smallest absolute Gasteiger partial charge is 0.337 e. The van der Waals surface area contributed by atoms with Crippen LogP contribution in [0.4, 0.5) is 0 Å². The van der Waals surface area contributed by atoms with Crippen LogP contribution in [0.1, 0.15) is 32.7 Å². The number of fused-ring (bicyclic) bond motifs is 2. The molecule has 0 unspecified atom stereocenters. The van der Waals surface area contributed by atoms with Crippen molar-refractivity contribution in [1.29, 1.82) is 0 Å². The number of ether oxygens (including phenoxy) is 3. The predicted octanol–water partition coefficient (Wildman–Crippen LogP) is 2.40. The maximum absolute atomic E-state index is 13.1. The zero-order valence-electron chi connectivity index (χ0n) is 18.9. The maximum atomic E-state index is 13.1. The molecule has 2 amide bonds. The lowest BCUT2D eigenvalue weighted by molar-refractivity contribution is -0.150. The summed E-state index contributed by atoms with van der Waals surface area (Å²) in [5.74, 6) is -1.66. The minimum atomic E-state index is -0.955. The maximum Gasteiger partial charge on any atom is 0.337 e. The van der Waals surface area contributed by atoms with Crippen molar-refractivity contribution in [2.45, 2.75) is 25.3 Å². The van der Waals surface area contributed by atoms with E-state index in [0.717, 1.165) is 10.5 Å². The van der Waals surface area contributed by atoms with Crippen LogP contribution < -0.4 is 0 Å². The van der Waals surface area contributed by atoms with Crippen molar-refractivity contribution >= 4 is 23.8 Å². The molecule has 0 saturated carbocycles. The van der Waals surface area contributed by atoms with E-state index < -0.39 is 36.0 Å². The van der Waals surface area contributed by atoms with Gasteiger partial charge in [0.05, 0.1) is 24.8 Å². The molecule has 178 valence electrons. The van der Waals surface area contributed by atoms with Gasteiger partial charge < -0.3 is 19.1 Å². The van der Waals surface area contributed by atoms with Crippen LogP contribution in [0.2, 0.25) is 0 Å². The molecule has 0 N–H and O–H groups in total. The van der Waals surface area contributed by atoms with E-state index in [-0.39, 0.29) is 18.9 Å². The third-order valence-electron chi connectivity index (χ3n) is 6.13. The summed E-state index contributed by atoms with van der Waals surface area (Å²) in [5, 5.41) is 0. The highest BCUT2D eigenvalue weighted by Crippen LogP contribution is 2.43. The van der Waals surface area contributed by atoms with Crippen molar-refractivity contribution in [3.8, 4) is 0 Å². The lowest BCUT2D eigenvalue weighted by Gasteiger charge is -2.39. The Bertz CT molecular complexity index is 1230. The van der Waals surface area contributed by atoms with Gasteiger partial charge in [-0.2, -0.15) is 0 Å². The average molecular weight is 474 g/mol. The van der Waals surface area contributed by atoms with Crippen molar-refractivity contribution in [1.82, 2.24) is 9.80 Å². The molecule has 3 heterocycles. The van der Waals surface area contributed by atoms with Gasteiger partial charge in [0.15, 0.2) is 12.3 Å². The highest BCUT2D eigenvalue weighted by atomic mass is 16.6. The molecule has 9 nitrogen and oxygen atoms in total. The topological polar surface area (TPSA) is 102 Å². The third kappa shape index (κ3) is 4.05. The highest BCUT2D eigenvalue weighted by Gasteiger charge is 2.52. The SMILES string of the molecule is COC(=O)/C=C1/C[C@H]2O/C(=C\CN3C(=O)c4ccccc4C3=O)[C@H](C(=O)OCc3ccccc3)N12. The van der Waals surface area contributed by atoms with Crippen molar-refractivity contribution in [2.24, 2.45) is 0 Å². The number of methoxy groups -OCH3 is 1. The zero-order chi connectivity index (χ0) is 24.5. The Hall–Kier alpha value is -4.40. The first-order chi connectivity index (χ1) is 17.0. The summed E-state index contributed by atoms with van der Waals surface area (Å²) < 4.78 is 16.2. The summed E-state index contributed by atoms with van der Waals surface area (Å²) in [5.41, 5.74) is 2.08. The van der Waals surface area contributed by atoms with Gasteiger partial charge in [0, 0.05) is 18.2 Å². The summed E-state index contributed by atoms with van der Waals surface area (Å²) in [4.78, 5) is 53.1. The van der Waals surface area contributed by atoms with Crippen molar-refractivity contribution in [3.05, 3.63) is 94.9 Å². The second kappa shape index (κ2) is 9.09. The first-order valence-electron chi connectivity index (χ1n) is 11.1. The molecule has 3 aliphatic rings. The number of imide groups is 1. The molecule has 2 atom stereocenters. The molecule has 3 aliphatic heterocycles. The van der Waals surface area contributed by atoms with Crippen molar-refractivity contribution in [3.63, 3.8) is 0 Å². The van der Waals surface area contributed by atoms with E-state index in [4.69, 9.17) is 14.2 Å². The zero-order valence-corrected chi connectivity index (χ0v) is 18.9.